The number of phosphoric ester groups is 1. The predicted molar refractivity (Wildman–Crippen MR) is 111 cm³/mol. The van der Waals surface area contributed by atoms with Crippen molar-refractivity contribution in [1.29, 1.82) is 0 Å². The smallest absolute Gasteiger partial charge is 0.445 e. The number of esters is 1. The fourth-order valence-electron chi connectivity index (χ4n) is 2.03. The number of amides is 1. The molecule has 0 aliphatic rings. The van der Waals surface area contributed by atoms with Gasteiger partial charge in [-0.2, -0.15) is 0 Å². The van der Waals surface area contributed by atoms with Crippen molar-refractivity contribution < 1.29 is 37.2 Å². The highest BCUT2D eigenvalue weighted by molar-refractivity contribution is 7.48. The highest BCUT2D eigenvalue weighted by Gasteiger charge is 2.37. The molecule has 170 valence electrons. The Balaban J connectivity index is 2.49. The molecule has 10 heteroatoms. The van der Waals surface area contributed by atoms with Crippen molar-refractivity contribution in [1.82, 2.24) is 4.90 Å². The Morgan fingerprint density at radius 2 is 1.47 bits per heavy atom. The SMILES string of the molecule is CN(CC(=O)OCOP(=O)(OC(C)(C)C)OC(C)(C)C)C(=O)OCc1ccccc1. The van der Waals surface area contributed by atoms with Gasteiger partial charge in [-0.15, -0.1) is 0 Å². The molecular formula is C20H32NO8P. The minimum Gasteiger partial charge on any atom is -0.445 e. The second-order valence-corrected chi connectivity index (χ2v) is 10.0. The van der Waals surface area contributed by atoms with Crippen molar-refractivity contribution in [2.24, 2.45) is 0 Å². The quantitative estimate of drug-likeness (QED) is 0.311. The molecule has 9 nitrogen and oxygen atoms in total. The molecule has 1 aromatic carbocycles. The molecule has 0 aliphatic heterocycles. The summed E-state index contributed by atoms with van der Waals surface area (Å²) < 4.78 is 38.8. The number of carbonyl (C=O) groups excluding carboxylic acids is 2. The predicted octanol–water partition coefficient (Wildman–Crippen LogP) is 4.51. The van der Waals surface area contributed by atoms with E-state index in [0.717, 1.165) is 10.5 Å². The summed E-state index contributed by atoms with van der Waals surface area (Å²) in [4.78, 5) is 25.0. The fourth-order valence-corrected chi connectivity index (χ4v) is 3.70. The van der Waals surface area contributed by atoms with E-state index in [4.69, 9.17) is 23.0 Å². The second kappa shape index (κ2) is 10.9. The van der Waals surface area contributed by atoms with Crippen LogP contribution in [0.3, 0.4) is 0 Å². The zero-order valence-electron chi connectivity index (χ0n) is 18.7. The van der Waals surface area contributed by atoms with Gasteiger partial charge in [0, 0.05) is 7.05 Å². The van der Waals surface area contributed by atoms with Crippen molar-refractivity contribution in [3.8, 4) is 0 Å². The fraction of sp³-hybridized carbons (Fsp3) is 0.600. The topological polar surface area (TPSA) is 101 Å². The number of nitrogens with zero attached hydrogens (tertiary/aromatic N) is 1. The van der Waals surface area contributed by atoms with Gasteiger partial charge < -0.3 is 14.4 Å². The third kappa shape index (κ3) is 11.3. The lowest BCUT2D eigenvalue weighted by atomic mass is 10.2. The van der Waals surface area contributed by atoms with Crippen LogP contribution in [-0.2, 0) is 39.0 Å². The number of hydrogen-bond acceptors (Lipinski definition) is 8. The molecule has 0 unspecified atom stereocenters. The van der Waals surface area contributed by atoms with Gasteiger partial charge in [-0.25, -0.2) is 13.9 Å². The average molecular weight is 445 g/mol. The van der Waals surface area contributed by atoms with Crippen LogP contribution in [0.2, 0.25) is 0 Å². The Labute approximate surface area is 178 Å². The first-order chi connectivity index (χ1) is 13.7. The van der Waals surface area contributed by atoms with Crippen LogP contribution in [0.15, 0.2) is 30.3 Å². The molecule has 0 atom stereocenters. The number of likely N-dealkylation sites (N-methyl/N-ethyl adjacent to an activating group) is 1. The molecule has 0 saturated carbocycles. The molecule has 0 N–H and O–H groups in total. The Hall–Kier alpha value is -1.93. The van der Waals surface area contributed by atoms with E-state index in [2.05, 4.69) is 0 Å². The Bertz CT molecular complexity index is 719. The number of ether oxygens (including phenoxy) is 2. The first kappa shape index (κ1) is 26.1. The highest BCUT2D eigenvalue weighted by Crippen LogP contribution is 2.55. The van der Waals surface area contributed by atoms with Crippen LogP contribution in [-0.4, -0.2) is 48.5 Å². The lowest BCUT2D eigenvalue weighted by Crippen LogP contribution is -2.33. The van der Waals surface area contributed by atoms with Gasteiger partial charge in [0.05, 0.1) is 11.2 Å². The van der Waals surface area contributed by atoms with Crippen molar-refractivity contribution in [3.63, 3.8) is 0 Å². The van der Waals surface area contributed by atoms with Gasteiger partial charge >= 0.3 is 19.9 Å². The van der Waals surface area contributed by atoms with E-state index in [1.165, 1.54) is 7.05 Å². The lowest BCUT2D eigenvalue weighted by Gasteiger charge is -2.30. The van der Waals surface area contributed by atoms with E-state index in [-0.39, 0.29) is 13.2 Å². The molecule has 0 spiro atoms. The van der Waals surface area contributed by atoms with E-state index < -0.39 is 37.9 Å². The van der Waals surface area contributed by atoms with Gasteiger partial charge in [-0.3, -0.25) is 13.8 Å². The molecule has 0 bridgehead atoms. The first-order valence-electron chi connectivity index (χ1n) is 9.43. The second-order valence-electron chi connectivity index (χ2n) is 8.51. The molecule has 0 fully saturated rings. The number of carbonyl (C=O) groups is 2. The van der Waals surface area contributed by atoms with Gasteiger partial charge in [0.1, 0.15) is 13.2 Å². The Morgan fingerprint density at radius 1 is 0.933 bits per heavy atom. The van der Waals surface area contributed by atoms with Gasteiger partial charge in [-0.1, -0.05) is 30.3 Å². The maximum atomic E-state index is 12.8. The normalized spacial score (nSPS) is 12.4. The van der Waals surface area contributed by atoms with Crippen LogP contribution >= 0.6 is 7.82 Å². The maximum absolute atomic E-state index is 12.8. The summed E-state index contributed by atoms with van der Waals surface area (Å²) in [7, 11) is -2.60. The van der Waals surface area contributed by atoms with E-state index in [0.29, 0.717) is 0 Å². The minimum atomic E-state index is -4.00. The minimum absolute atomic E-state index is 0.0830. The molecule has 0 radical (unpaired) electrons. The van der Waals surface area contributed by atoms with Crippen LogP contribution in [0.5, 0.6) is 0 Å². The zero-order valence-corrected chi connectivity index (χ0v) is 19.6. The molecule has 0 aromatic heterocycles. The lowest BCUT2D eigenvalue weighted by molar-refractivity contribution is -0.152. The van der Waals surface area contributed by atoms with Crippen LogP contribution < -0.4 is 0 Å². The molecule has 1 aromatic rings. The Kier molecular flexibility index (Phi) is 9.49. The molecule has 0 aliphatic carbocycles. The summed E-state index contributed by atoms with van der Waals surface area (Å²) in [5.74, 6) is -0.771. The highest BCUT2D eigenvalue weighted by atomic mass is 31.2. The van der Waals surface area contributed by atoms with E-state index in [9.17, 15) is 14.2 Å². The van der Waals surface area contributed by atoms with Crippen molar-refractivity contribution in [2.45, 2.75) is 59.4 Å². The third-order valence-electron chi connectivity index (χ3n) is 3.09. The molecule has 0 saturated heterocycles. The standard InChI is InChI=1S/C20H32NO8P/c1-19(2,3)28-30(24,29-20(4,5)6)27-15-26-17(22)13-21(7)18(23)25-14-16-11-9-8-10-12-16/h8-12H,13-15H2,1-7H3. The van der Waals surface area contributed by atoms with E-state index >= 15 is 0 Å². The molecular weight excluding hydrogens is 413 g/mol. The number of rotatable bonds is 9. The first-order valence-corrected chi connectivity index (χ1v) is 10.9. The molecule has 1 rings (SSSR count). The third-order valence-corrected chi connectivity index (χ3v) is 5.05. The number of phosphoric acid groups is 1. The molecule has 30 heavy (non-hydrogen) atoms. The van der Waals surface area contributed by atoms with E-state index in [1.807, 2.05) is 30.3 Å². The Morgan fingerprint density at radius 3 is 1.97 bits per heavy atom. The van der Waals surface area contributed by atoms with Gasteiger partial charge in [-0.05, 0) is 47.1 Å². The summed E-state index contributed by atoms with van der Waals surface area (Å²) in [5.41, 5.74) is -0.801. The van der Waals surface area contributed by atoms with Crippen molar-refractivity contribution in [3.05, 3.63) is 35.9 Å². The molecule has 1 amide bonds. The van der Waals surface area contributed by atoms with Gasteiger partial charge in [0.25, 0.3) is 0 Å². The summed E-state index contributed by atoms with van der Waals surface area (Å²) in [6.07, 6.45) is -0.686. The number of hydrogen-bond donors (Lipinski definition) is 0. The van der Waals surface area contributed by atoms with Crippen LogP contribution in [0.1, 0.15) is 47.1 Å². The van der Waals surface area contributed by atoms with Crippen LogP contribution in [0, 0.1) is 0 Å². The largest absolute Gasteiger partial charge is 0.478 e. The van der Waals surface area contributed by atoms with Crippen molar-refractivity contribution >= 4 is 19.9 Å². The van der Waals surface area contributed by atoms with Crippen LogP contribution in [0.4, 0.5) is 4.79 Å². The molecule has 0 heterocycles. The van der Waals surface area contributed by atoms with Crippen molar-refractivity contribution in [2.75, 3.05) is 20.4 Å². The maximum Gasteiger partial charge on any atom is 0.478 e. The summed E-state index contributed by atoms with van der Waals surface area (Å²) in [6, 6.07) is 9.14. The summed E-state index contributed by atoms with van der Waals surface area (Å²) in [5, 5.41) is 0. The summed E-state index contributed by atoms with van der Waals surface area (Å²) in [6.45, 7) is 9.20. The van der Waals surface area contributed by atoms with E-state index in [1.54, 1.807) is 41.5 Å². The monoisotopic (exact) mass is 445 g/mol. The summed E-state index contributed by atoms with van der Waals surface area (Å²) >= 11 is 0. The number of benzene rings is 1. The van der Waals surface area contributed by atoms with Crippen LogP contribution in [0.25, 0.3) is 0 Å². The van der Waals surface area contributed by atoms with Gasteiger partial charge in [0.15, 0.2) is 0 Å². The average Bonchev–Trinajstić information content (AvgIpc) is 2.56. The zero-order chi connectivity index (χ0) is 23.0. The van der Waals surface area contributed by atoms with Gasteiger partial charge in [0.2, 0.25) is 6.79 Å².